The van der Waals surface area contributed by atoms with Gasteiger partial charge in [-0.1, -0.05) is 36.4 Å². The summed E-state index contributed by atoms with van der Waals surface area (Å²) in [6.07, 6.45) is -1.42. The number of hydrogen-bond acceptors (Lipinski definition) is 4. The molecule has 35 heavy (non-hydrogen) atoms. The van der Waals surface area contributed by atoms with Gasteiger partial charge in [0.05, 0.1) is 18.8 Å². The number of rotatable bonds is 7. The topological polar surface area (TPSA) is 70.0 Å². The van der Waals surface area contributed by atoms with Gasteiger partial charge in [0.25, 0.3) is 0 Å². The summed E-state index contributed by atoms with van der Waals surface area (Å²) in [5.41, 5.74) is 0.978. The van der Waals surface area contributed by atoms with E-state index >= 15 is 0 Å². The lowest BCUT2D eigenvalue weighted by Crippen LogP contribution is -2.50. The van der Waals surface area contributed by atoms with Crippen LogP contribution < -0.4 is 0 Å². The molecule has 0 aromatic heterocycles. The van der Waals surface area contributed by atoms with E-state index in [2.05, 4.69) is 0 Å². The minimum absolute atomic E-state index is 0.0268. The zero-order chi connectivity index (χ0) is 25.2. The molecule has 0 saturated carbocycles. The van der Waals surface area contributed by atoms with Crippen LogP contribution in [0.25, 0.3) is 11.1 Å². The van der Waals surface area contributed by atoms with E-state index in [0.29, 0.717) is 24.1 Å². The number of amides is 1. The number of hydrogen-bond donors (Lipinski definition) is 2. The number of nitrogens with zero attached hydrogens (tertiary/aromatic N) is 1. The lowest BCUT2D eigenvalue weighted by atomic mass is 9.83. The van der Waals surface area contributed by atoms with Crippen LogP contribution in [0.3, 0.4) is 0 Å². The van der Waals surface area contributed by atoms with Gasteiger partial charge in [0.15, 0.2) is 0 Å². The standard InChI is InChI=1S/C27H26F3NO4/c1-17(18-2-4-19(5-3-18)24-11-10-22(29)14-25(24)30)31-13-12-27(35-26(31)34,15-23(33)16-32)20-6-8-21(28)9-7-20/h2-11,14,17,23,32-33H,12-13,15-16H2,1H3/t17-,23?,27?/m0/s1. The van der Waals surface area contributed by atoms with Crippen molar-refractivity contribution < 1.29 is 32.9 Å². The number of benzene rings is 3. The molecule has 3 atom stereocenters. The van der Waals surface area contributed by atoms with Gasteiger partial charge in [-0.25, -0.2) is 18.0 Å². The maximum atomic E-state index is 14.1. The van der Waals surface area contributed by atoms with Gasteiger partial charge < -0.3 is 19.8 Å². The lowest BCUT2D eigenvalue weighted by Gasteiger charge is -2.44. The molecule has 1 aliphatic heterocycles. The molecule has 1 aliphatic rings. The Morgan fingerprint density at radius 1 is 1.00 bits per heavy atom. The van der Waals surface area contributed by atoms with Gasteiger partial charge in [0.2, 0.25) is 0 Å². The van der Waals surface area contributed by atoms with Crippen LogP contribution in [-0.2, 0) is 10.3 Å². The fourth-order valence-electron chi connectivity index (χ4n) is 4.53. The number of ether oxygens (including phenoxy) is 1. The highest BCUT2D eigenvalue weighted by atomic mass is 19.1. The largest absolute Gasteiger partial charge is 0.438 e. The third kappa shape index (κ3) is 5.18. The summed E-state index contributed by atoms with van der Waals surface area (Å²) in [4.78, 5) is 14.6. The highest BCUT2D eigenvalue weighted by molar-refractivity contribution is 5.70. The smallest absolute Gasteiger partial charge is 0.411 e. The molecule has 0 radical (unpaired) electrons. The summed E-state index contributed by atoms with van der Waals surface area (Å²) < 4.78 is 46.7. The van der Waals surface area contributed by atoms with E-state index in [1.807, 2.05) is 6.92 Å². The monoisotopic (exact) mass is 485 g/mol. The Hall–Kier alpha value is -3.36. The molecule has 3 aromatic carbocycles. The molecule has 0 bridgehead atoms. The molecule has 4 rings (SSSR count). The van der Waals surface area contributed by atoms with Gasteiger partial charge in [-0.05, 0) is 47.9 Å². The van der Waals surface area contributed by atoms with Crippen LogP contribution in [-0.4, -0.2) is 40.5 Å². The van der Waals surface area contributed by atoms with Crippen molar-refractivity contribution in [2.45, 2.75) is 37.5 Å². The summed E-state index contributed by atoms with van der Waals surface area (Å²) in [5, 5.41) is 19.5. The molecule has 8 heteroatoms. The van der Waals surface area contributed by atoms with E-state index in [-0.39, 0.29) is 18.0 Å². The van der Waals surface area contributed by atoms with Crippen molar-refractivity contribution in [1.29, 1.82) is 0 Å². The van der Waals surface area contributed by atoms with Crippen molar-refractivity contribution in [1.82, 2.24) is 4.90 Å². The number of halogens is 3. The molecule has 3 aromatic rings. The van der Waals surface area contributed by atoms with Crippen molar-refractivity contribution in [3.05, 3.63) is 95.3 Å². The summed E-state index contributed by atoms with van der Waals surface area (Å²) in [7, 11) is 0. The van der Waals surface area contributed by atoms with E-state index in [0.717, 1.165) is 11.6 Å². The first kappa shape index (κ1) is 24.8. The molecule has 1 fully saturated rings. The molecule has 2 unspecified atom stereocenters. The van der Waals surface area contributed by atoms with Gasteiger partial charge in [-0.15, -0.1) is 0 Å². The number of carbonyl (C=O) groups is 1. The summed E-state index contributed by atoms with van der Waals surface area (Å²) in [6, 6.07) is 15.5. The number of carbonyl (C=O) groups excluding carboxylic acids is 1. The average Bonchev–Trinajstić information content (AvgIpc) is 2.84. The summed E-state index contributed by atoms with van der Waals surface area (Å²) in [5.74, 6) is -1.75. The first-order chi connectivity index (χ1) is 16.7. The predicted octanol–water partition coefficient (Wildman–Crippen LogP) is 5.31. The third-order valence-corrected chi connectivity index (χ3v) is 6.52. The molecule has 184 valence electrons. The third-order valence-electron chi connectivity index (χ3n) is 6.52. The Labute approximate surface area is 201 Å². The SMILES string of the molecule is C[C@@H](c1ccc(-c2ccc(F)cc2F)cc1)N1CCC(CC(O)CO)(c2ccc(F)cc2)OC1=O. The van der Waals surface area contributed by atoms with Crippen LogP contribution in [0.4, 0.5) is 18.0 Å². The molecule has 1 heterocycles. The highest BCUT2D eigenvalue weighted by Gasteiger charge is 2.44. The van der Waals surface area contributed by atoms with Crippen LogP contribution in [0.2, 0.25) is 0 Å². The molecular weight excluding hydrogens is 459 g/mol. The number of aliphatic hydroxyl groups excluding tert-OH is 2. The van der Waals surface area contributed by atoms with Gasteiger partial charge in [-0.2, -0.15) is 0 Å². The molecule has 5 nitrogen and oxygen atoms in total. The number of aliphatic hydroxyl groups is 2. The molecule has 2 N–H and O–H groups in total. The Morgan fingerprint density at radius 3 is 2.26 bits per heavy atom. The van der Waals surface area contributed by atoms with Crippen molar-refractivity contribution in [3.63, 3.8) is 0 Å². The quantitative estimate of drug-likeness (QED) is 0.476. The maximum absolute atomic E-state index is 14.1. The van der Waals surface area contributed by atoms with Crippen molar-refractivity contribution in [2.24, 2.45) is 0 Å². The molecule has 0 spiro atoms. The summed E-state index contributed by atoms with van der Waals surface area (Å²) >= 11 is 0. The predicted molar refractivity (Wildman–Crippen MR) is 124 cm³/mol. The van der Waals surface area contributed by atoms with E-state index in [1.54, 1.807) is 29.2 Å². The Morgan fingerprint density at radius 2 is 1.66 bits per heavy atom. The second kappa shape index (κ2) is 10.1. The first-order valence-electron chi connectivity index (χ1n) is 11.3. The van der Waals surface area contributed by atoms with Crippen molar-refractivity contribution in [2.75, 3.05) is 13.2 Å². The minimum Gasteiger partial charge on any atom is -0.438 e. The van der Waals surface area contributed by atoms with Crippen LogP contribution in [0.5, 0.6) is 0 Å². The Bertz CT molecular complexity index is 1190. The van der Waals surface area contributed by atoms with E-state index < -0.39 is 41.9 Å². The summed E-state index contributed by atoms with van der Waals surface area (Å²) in [6.45, 7) is 1.63. The lowest BCUT2D eigenvalue weighted by molar-refractivity contribution is -0.0892. The fraction of sp³-hybridized carbons (Fsp3) is 0.296. The van der Waals surface area contributed by atoms with Crippen molar-refractivity contribution >= 4 is 6.09 Å². The van der Waals surface area contributed by atoms with Crippen LogP contribution in [0.1, 0.15) is 36.9 Å². The van der Waals surface area contributed by atoms with Crippen LogP contribution in [0.15, 0.2) is 66.7 Å². The number of cyclic esters (lactones) is 1. The van der Waals surface area contributed by atoms with Crippen molar-refractivity contribution in [3.8, 4) is 11.1 Å². The van der Waals surface area contributed by atoms with Gasteiger partial charge in [0.1, 0.15) is 23.1 Å². The first-order valence-corrected chi connectivity index (χ1v) is 11.3. The van der Waals surface area contributed by atoms with E-state index in [4.69, 9.17) is 4.74 Å². The molecule has 1 amide bonds. The highest BCUT2D eigenvalue weighted by Crippen LogP contribution is 2.40. The van der Waals surface area contributed by atoms with Gasteiger partial charge in [0, 0.05) is 31.0 Å². The molecule has 1 saturated heterocycles. The fourth-order valence-corrected chi connectivity index (χ4v) is 4.53. The van der Waals surface area contributed by atoms with Gasteiger partial charge in [-0.3, -0.25) is 0 Å². The van der Waals surface area contributed by atoms with E-state index in [9.17, 15) is 28.2 Å². The average molecular weight is 486 g/mol. The zero-order valence-electron chi connectivity index (χ0n) is 19.1. The van der Waals surface area contributed by atoms with Crippen LogP contribution >= 0.6 is 0 Å². The Kier molecular flexibility index (Phi) is 7.14. The Balaban J connectivity index is 1.53. The second-order valence-corrected chi connectivity index (χ2v) is 8.78. The molecule has 0 aliphatic carbocycles. The van der Waals surface area contributed by atoms with Gasteiger partial charge >= 0.3 is 6.09 Å². The van der Waals surface area contributed by atoms with E-state index in [1.165, 1.54) is 36.4 Å². The maximum Gasteiger partial charge on any atom is 0.411 e. The zero-order valence-corrected chi connectivity index (χ0v) is 19.1. The van der Waals surface area contributed by atoms with Crippen LogP contribution in [0, 0.1) is 17.5 Å². The minimum atomic E-state index is -1.20. The second-order valence-electron chi connectivity index (χ2n) is 8.78. The normalized spacial score (nSPS) is 19.8. The molecular formula is C27H26F3NO4.